The highest BCUT2D eigenvalue weighted by molar-refractivity contribution is 5.98. The average Bonchev–Trinajstić information content (AvgIpc) is 2.95. The number of nitrogens with zero attached hydrogens (tertiary/aromatic N) is 4. The van der Waals surface area contributed by atoms with E-state index >= 15 is 0 Å². The van der Waals surface area contributed by atoms with E-state index in [2.05, 4.69) is 64.0 Å². The van der Waals surface area contributed by atoms with Gasteiger partial charge in [-0.25, -0.2) is 15.0 Å². The molecule has 0 spiro atoms. The first kappa shape index (κ1) is 26.4. The van der Waals surface area contributed by atoms with Crippen molar-refractivity contribution >= 4 is 22.4 Å². The number of aromatic nitrogens is 3. The van der Waals surface area contributed by atoms with Gasteiger partial charge in [-0.1, -0.05) is 38.1 Å². The minimum absolute atomic E-state index is 0.0703. The van der Waals surface area contributed by atoms with Gasteiger partial charge in [0.1, 0.15) is 5.75 Å². The molecule has 1 unspecified atom stereocenters. The first-order valence-electron chi connectivity index (χ1n) is 13.6. The van der Waals surface area contributed by atoms with Crippen molar-refractivity contribution in [2.24, 2.45) is 11.8 Å². The number of rotatable bonds is 9. The molecule has 200 valence electrons. The zero-order valence-electron chi connectivity index (χ0n) is 22.7. The Morgan fingerprint density at radius 3 is 2.77 bits per heavy atom. The fraction of sp³-hybridized carbons (Fsp3) is 0.355. The molecule has 4 aromatic rings. The molecule has 0 amide bonds. The number of nitriles is 1. The van der Waals surface area contributed by atoms with Crippen LogP contribution in [0.5, 0.6) is 11.6 Å². The van der Waals surface area contributed by atoms with Crippen molar-refractivity contribution in [1.29, 1.82) is 5.26 Å². The van der Waals surface area contributed by atoms with E-state index in [4.69, 9.17) is 9.72 Å². The highest BCUT2D eigenvalue weighted by Gasteiger charge is 2.18. The maximum atomic E-state index is 9.52. The van der Waals surface area contributed by atoms with Crippen LogP contribution in [0.15, 0.2) is 60.9 Å². The molecule has 1 saturated heterocycles. The van der Waals surface area contributed by atoms with Crippen molar-refractivity contribution in [3.05, 3.63) is 66.5 Å². The first-order chi connectivity index (χ1) is 19.0. The standard InChI is InChI=1S/C31H35N7O/c1-20(2)22(17-32)18-36-27-10-4-8-25-24(27)12-11-21(3)29(25)39-30-26(9-6-15-34-30)28-13-16-35-31(38-28)37-23-7-5-14-33-19-23/h4,6,8-13,15-16,20,22-23,33,36H,5,7,14,18-19H2,1-3H3,(H,35,37,38)/t22?,23-/m0/s1. The fourth-order valence-corrected chi connectivity index (χ4v) is 4.88. The van der Waals surface area contributed by atoms with E-state index in [1.807, 2.05) is 37.3 Å². The summed E-state index contributed by atoms with van der Waals surface area (Å²) in [5.74, 6) is 2.04. The number of piperidine rings is 1. The van der Waals surface area contributed by atoms with Gasteiger partial charge < -0.3 is 20.7 Å². The molecular formula is C31H35N7O. The number of hydrogen-bond acceptors (Lipinski definition) is 8. The Balaban J connectivity index is 1.45. The molecule has 0 radical (unpaired) electrons. The van der Waals surface area contributed by atoms with Gasteiger partial charge in [-0.3, -0.25) is 0 Å². The summed E-state index contributed by atoms with van der Waals surface area (Å²) in [5, 5.41) is 21.9. The van der Waals surface area contributed by atoms with Crippen LogP contribution >= 0.6 is 0 Å². The SMILES string of the molecule is Cc1ccc2c(NCC(C#N)C(C)C)cccc2c1Oc1ncccc1-c1ccnc(N[C@H]2CCCNC2)n1. The van der Waals surface area contributed by atoms with Crippen LogP contribution in [0.1, 0.15) is 32.3 Å². The second-order valence-corrected chi connectivity index (χ2v) is 10.4. The van der Waals surface area contributed by atoms with E-state index in [0.717, 1.165) is 65.0 Å². The van der Waals surface area contributed by atoms with Crippen molar-refractivity contribution in [1.82, 2.24) is 20.3 Å². The molecule has 1 aliphatic rings. The molecule has 0 aliphatic carbocycles. The predicted octanol–water partition coefficient (Wildman–Crippen LogP) is 6.16. The molecule has 8 nitrogen and oxygen atoms in total. The second-order valence-electron chi connectivity index (χ2n) is 10.4. The molecule has 1 fully saturated rings. The van der Waals surface area contributed by atoms with Crippen molar-refractivity contribution in [3.63, 3.8) is 0 Å². The van der Waals surface area contributed by atoms with Crippen LogP contribution in [0.2, 0.25) is 0 Å². The third-order valence-electron chi connectivity index (χ3n) is 7.22. The molecule has 8 heteroatoms. The zero-order valence-corrected chi connectivity index (χ0v) is 22.7. The molecule has 39 heavy (non-hydrogen) atoms. The Bertz CT molecular complexity index is 1470. The zero-order chi connectivity index (χ0) is 27.2. The van der Waals surface area contributed by atoms with Gasteiger partial charge in [-0.15, -0.1) is 0 Å². The van der Waals surface area contributed by atoms with Gasteiger partial charge >= 0.3 is 0 Å². The van der Waals surface area contributed by atoms with Gasteiger partial charge in [0.15, 0.2) is 0 Å². The number of nitrogens with one attached hydrogen (secondary N) is 3. The lowest BCUT2D eigenvalue weighted by Crippen LogP contribution is -2.38. The minimum Gasteiger partial charge on any atom is -0.437 e. The summed E-state index contributed by atoms with van der Waals surface area (Å²) >= 11 is 0. The van der Waals surface area contributed by atoms with Crippen molar-refractivity contribution < 1.29 is 4.74 Å². The first-order valence-corrected chi connectivity index (χ1v) is 13.6. The number of ether oxygens (including phenoxy) is 1. The number of benzene rings is 2. The Morgan fingerprint density at radius 2 is 1.97 bits per heavy atom. The lowest BCUT2D eigenvalue weighted by atomic mass is 9.97. The van der Waals surface area contributed by atoms with Crippen LogP contribution in [0, 0.1) is 30.1 Å². The van der Waals surface area contributed by atoms with Crippen LogP contribution in [-0.2, 0) is 0 Å². The van der Waals surface area contributed by atoms with E-state index in [-0.39, 0.29) is 11.8 Å². The molecule has 2 aromatic carbocycles. The molecule has 0 bridgehead atoms. The molecule has 3 N–H and O–H groups in total. The molecule has 2 atom stereocenters. The van der Waals surface area contributed by atoms with Gasteiger partial charge in [-0.05, 0) is 62.1 Å². The third kappa shape index (κ3) is 6.10. The van der Waals surface area contributed by atoms with Gasteiger partial charge in [0.25, 0.3) is 0 Å². The van der Waals surface area contributed by atoms with Crippen LogP contribution in [0.4, 0.5) is 11.6 Å². The summed E-state index contributed by atoms with van der Waals surface area (Å²) in [6.07, 6.45) is 5.72. The lowest BCUT2D eigenvalue weighted by Gasteiger charge is -2.23. The summed E-state index contributed by atoms with van der Waals surface area (Å²) in [6.45, 7) is 8.72. The normalized spacial score (nSPS) is 16.0. The number of aryl methyl sites for hydroxylation is 1. The maximum Gasteiger partial charge on any atom is 0.228 e. The number of fused-ring (bicyclic) bond motifs is 1. The van der Waals surface area contributed by atoms with Crippen molar-refractivity contribution in [2.45, 2.75) is 39.7 Å². The van der Waals surface area contributed by atoms with Crippen LogP contribution in [0.3, 0.4) is 0 Å². The summed E-state index contributed by atoms with van der Waals surface area (Å²) in [5.41, 5.74) is 3.52. The van der Waals surface area contributed by atoms with E-state index < -0.39 is 0 Å². The molecule has 1 aliphatic heterocycles. The second kappa shape index (κ2) is 12.1. The summed E-state index contributed by atoms with van der Waals surface area (Å²) < 4.78 is 6.56. The topological polar surface area (TPSA) is 108 Å². The van der Waals surface area contributed by atoms with Crippen molar-refractivity contribution in [3.8, 4) is 29.0 Å². The fourth-order valence-electron chi connectivity index (χ4n) is 4.88. The largest absolute Gasteiger partial charge is 0.437 e. The number of anilines is 2. The smallest absolute Gasteiger partial charge is 0.228 e. The van der Waals surface area contributed by atoms with Gasteiger partial charge in [0, 0.05) is 48.0 Å². The van der Waals surface area contributed by atoms with E-state index in [1.54, 1.807) is 12.4 Å². The van der Waals surface area contributed by atoms with Gasteiger partial charge in [0.05, 0.1) is 23.2 Å². The summed E-state index contributed by atoms with van der Waals surface area (Å²) in [4.78, 5) is 13.8. The minimum atomic E-state index is -0.0703. The van der Waals surface area contributed by atoms with Crippen LogP contribution < -0.4 is 20.7 Å². The Kier molecular flexibility index (Phi) is 8.18. The molecule has 2 aromatic heterocycles. The third-order valence-corrected chi connectivity index (χ3v) is 7.22. The van der Waals surface area contributed by atoms with E-state index in [1.165, 1.54) is 0 Å². The van der Waals surface area contributed by atoms with Gasteiger partial charge in [0.2, 0.25) is 11.8 Å². The Morgan fingerprint density at radius 1 is 1.08 bits per heavy atom. The van der Waals surface area contributed by atoms with Crippen LogP contribution in [0.25, 0.3) is 22.0 Å². The maximum absolute atomic E-state index is 9.52. The molecular weight excluding hydrogens is 486 g/mol. The lowest BCUT2D eigenvalue weighted by molar-refractivity contribution is 0.466. The van der Waals surface area contributed by atoms with E-state index in [9.17, 15) is 5.26 Å². The average molecular weight is 522 g/mol. The summed E-state index contributed by atoms with van der Waals surface area (Å²) in [6, 6.07) is 18.7. The molecule has 3 heterocycles. The van der Waals surface area contributed by atoms with E-state index in [0.29, 0.717) is 24.4 Å². The Labute approximate surface area is 229 Å². The summed E-state index contributed by atoms with van der Waals surface area (Å²) in [7, 11) is 0. The molecule has 0 saturated carbocycles. The number of hydrogen-bond donors (Lipinski definition) is 3. The monoisotopic (exact) mass is 521 g/mol. The highest BCUT2D eigenvalue weighted by atomic mass is 16.5. The molecule has 5 rings (SSSR count). The Hall–Kier alpha value is -4.22. The van der Waals surface area contributed by atoms with Gasteiger partial charge in [-0.2, -0.15) is 5.26 Å². The highest BCUT2D eigenvalue weighted by Crippen LogP contribution is 2.38. The quantitative estimate of drug-likeness (QED) is 0.240. The predicted molar refractivity (Wildman–Crippen MR) is 156 cm³/mol. The van der Waals surface area contributed by atoms with Crippen molar-refractivity contribution in [2.75, 3.05) is 30.3 Å². The number of pyridine rings is 1. The van der Waals surface area contributed by atoms with Crippen LogP contribution in [-0.4, -0.2) is 40.6 Å².